The van der Waals surface area contributed by atoms with E-state index in [1.54, 1.807) is 6.20 Å². The Bertz CT molecular complexity index is 548. The molecule has 0 fully saturated rings. The first kappa shape index (κ1) is 7.45. The van der Waals surface area contributed by atoms with Crippen molar-refractivity contribution in [3.8, 4) is 11.8 Å². The Balaban J connectivity index is 2.46. The zero-order valence-electron chi connectivity index (χ0n) is 7.50. The zero-order valence-corrected chi connectivity index (χ0v) is 7.50. The standard InChI is InChI=1S/C11H8N2O/c12-5-7-6-13-9-1-2-10-8(11(7)9)3-4-14-10/h1-2,6,13H,3-4H2. The number of ether oxygens (including phenoxy) is 1. The van der Waals surface area contributed by atoms with Gasteiger partial charge in [-0.1, -0.05) is 0 Å². The highest BCUT2D eigenvalue weighted by atomic mass is 16.5. The summed E-state index contributed by atoms with van der Waals surface area (Å²) in [5.41, 5.74) is 2.90. The molecule has 0 aliphatic carbocycles. The third-order valence-corrected chi connectivity index (χ3v) is 2.64. The third-order valence-electron chi connectivity index (χ3n) is 2.64. The van der Waals surface area contributed by atoms with Crippen molar-refractivity contribution >= 4 is 10.9 Å². The molecule has 1 aliphatic rings. The number of aromatic nitrogens is 1. The quantitative estimate of drug-likeness (QED) is 0.680. The van der Waals surface area contributed by atoms with Gasteiger partial charge in [0.05, 0.1) is 12.2 Å². The van der Waals surface area contributed by atoms with E-state index < -0.39 is 0 Å². The smallest absolute Gasteiger partial charge is 0.123 e. The summed E-state index contributed by atoms with van der Waals surface area (Å²) in [6.45, 7) is 0.727. The molecule has 1 aliphatic heterocycles. The van der Waals surface area contributed by atoms with Crippen molar-refractivity contribution in [3.05, 3.63) is 29.5 Å². The molecule has 2 heterocycles. The Labute approximate surface area is 80.9 Å². The molecule has 3 nitrogen and oxygen atoms in total. The van der Waals surface area contributed by atoms with Crippen molar-refractivity contribution in [2.45, 2.75) is 6.42 Å². The van der Waals surface area contributed by atoms with Gasteiger partial charge in [-0.15, -0.1) is 0 Å². The van der Waals surface area contributed by atoms with E-state index in [2.05, 4.69) is 11.1 Å². The van der Waals surface area contributed by atoms with Crippen LogP contribution in [0.2, 0.25) is 0 Å². The van der Waals surface area contributed by atoms with Crippen molar-refractivity contribution in [1.29, 1.82) is 5.26 Å². The van der Waals surface area contributed by atoms with Gasteiger partial charge in [0.1, 0.15) is 11.8 Å². The monoisotopic (exact) mass is 184 g/mol. The number of benzene rings is 1. The van der Waals surface area contributed by atoms with Crippen LogP contribution in [0.25, 0.3) is 10.9 Å². The summed E-state index contributed by atoms with van der Waals surface area (Å²) in [6.07, 6.45) is 2.66. The molecular formula is C11H8N2O. The molecule has 0 bridgehead atoms. The summed E-state index contributed by atoms with van der Waals surface area (Å²) in [5, 5.41) is 9.98. The zero-order chi connectivity index (χ0) is 9.54. The maximum atomic E-state index is 8.94. The van der Waals surface area contributed by atoms with Crippen LogP contribution in [-0.2, 0) is 6.42 Å². The van der Waals surface area contributed by atoms with Crippen LogP contribution in [0.3, 0.4) is 0 Å². The Hall–Kier alpha value is -1.95. The highest BCUT2D eigenvalue weighted by Crippen LogP contribution is 2.33. The van der Waals surface area contributed by atoms with Crippen LogP contribution in [-0.4, -0.2) is 11.6 Å². The van der Waals surface area contributed by atoms with E-state index in [4.69, 9.17) is 10.00 Å². The van der Waals surface area contributed by atoms with Crippen LogP contribution in [0.4, 0.5) is 0 Å². The third kappa shape index (κ3) is 0.801. The Kier molecular flexibility index (Phi) is 1.34. The van der Waals surface area contributed by atoms with Crippen molar-refractivity contribution in [3.63, 3.8) is 0 Å². The Morgan fingerprint density at radius 1 is 1.43 bits per heavy atom. The van der Waals surface area contributed by atoms with E-state index in [1.165, 1.54) is 5.56 Å². The minimum absolute atomic E-state index is 0.711. The number of aromatic amines is 1. The van der Waals surface area contributed by atoms with E-state index in [1.807, 2.05) is 12.1 Å². The van der Waals surface area contributed by atoms with Gasteiger partial charge in [0.15, 0.2) is 0 Å². The van der Waals surface area contributed by atoms with Crippen LogP contribution >= 0.6 is 0 Å². The largest absolute Gasteiger partial charge is 0.493 e. The summed E-state index contributed by atoms with van der Waals surface area (Å²) >= 11 is 0. The van der Waals surface area contributed by atoms with E-state index in [9.17, 15) is 0 Å². The van der Waals surface area contributed by atoms with Crippen molar-refractivity contribution in [2.75, 3.05) is 6.61 Å². The van der Waals surface area contributed by atoms with E-state index in [0.29, 0.717) is 5.56 Å². The molecular weight excluding hydrogens is 176 g/mol. The number of nitrogens with zero attached hydrogens (tertiary/aromatic N) is 1. The number of fused-ring (bicyclic) bond motifs is 3. The van der Waals surface area contributed by atoms with Crippen LogP contribution in [0.5, 0.6) is 5.75 Å². The Morgan fingerprint density at radius 2 is 2.36 bits per heavy atom. The molecule has 68 valence electrons. The molecule has 1 aromatic heterocycles. The van der Waals surface area contributed by atoms with Crippen LogP contribution in [0.1, 0.15) is 11.1 Å². The van der Waals surface area contributed by atoms with Gasteiger partial charge >= 0.3 is 0 Å². The molecule has 1 N–H and O–H groups in total. The molecule has 3 rings (SSSR count). The van der Waals surface area contributed by atoms with Crippen LogP contribution < -0.4 is 4.74 Å². The number of nitriles is 1. The van der Waals surface area contributed by atoms with Gasteiger partial charge in [-0.2, -0.15) is 5.26 Å². The van der Waals surface area contributed by atoms with Gasteiger partial charge in [0, 0.05) is 29.1 Å². The molecule has 0 spiro atoms. The summed E-state index contributed by atoms with van der Waals surface area (Å²) in [4.78, 5) is 3.09. The lowest BCUT2D eigenvalue weighted by molar-refractivity contribution is 0.357. The molecule has 0 saturated carbocycles. The molecule has 2 aromatic rings. The number of nitrogens with one attached hydrogen (secondary N) is 1. The van der Waals surface area contributed by atoms with Gasteiger partial charge in [0.2, 0.25) is 0 Å². The summed E-state index contributed by atoms with van der Waals surface area (Å²) in [5.74, 6) is 0.925. The second kappa shape index (κ2) is 2.52. The maximum Gasteiger partial charge on any atom is 0.123 e. The van der Waals surface area contributed by atoms with Crippen molar-refractivity contribution in [1.82, 2.24) is 4.98 Å². The van der Waals surface area contributed by atoms with Crippen molar-refractivity contribution in [2.24, 2.45) is 0 Å². The molecule has 0 radical (unpaired) electrons. The van der Waals surface area contributed by atoms with Gasteiger partial charge in [-0.3, -0.25) is 0 Å². The topological polar surface area (TPSA) is 48.8 Å². The van der Waals surface area contributed by atoms with Gasteiger partial charge in [-0.25, -0.2) is 0 Å². The molecule has 0 unspecified atom stereocenters. The highest BCUT2D eigenvalue weighted by Gasteiger charge is 2.17. The summed E-state index contributed by atoms with van der Waals surface area (Å²) in [7, 11) is 0. The van der Waals surface area contributed by atoms with Crippen molar-refractivity contribution < 1.29 is 4.74 Å². The summed E-state index contributed by atoms with van der Waals surface area (Å²) in [6, 6.07) is 6.11. The number of rotatable bonds is 0. The average Bonchev–Trinajstić information content (AvgIpc) is 2.82. The van der Waals surface area contributed by atoms with E-state index in [0.717, 1.165) is 29.7 Å². The molecule has 0 atom stereocenters. The second-order valence-electron chi connectivity index (χ2n) is 3.38. The fourth-order valence-corrected chi connectivity index (χ4v) is 2.01. The summed E-state index contributed by atoms with van der Waals surface area (Å²) < 4.78 is 5.45. The minimum atomic E-state index is 0.711. The van der Waals surface area contributed by atoms with Gasteiger partial charge < -0.3 is 9.72 Å². The SMILES string of the molecule is N#Cc1c[nH]c2ccc3c(c12)CCO3. The highest BCUT2D eigenvalue weighted by molar-refractivity contribution is 5.91. The van der Waals surface area contributed by atoms with Gasteiger partial charge in [0.25, 0.3) is 0 Å². The molecule has 14 heavy (non-hydrogen) atoms. The second-order valence-corrected chi connectivity index (χ2v) is 3.38. The number of hydrogen-bond donors (Lipinski definition) is 1. The van der Waals surface area contributed by atoms with Crippen LogP contribution in [0.15, 0.2) is 18.3 Å². The van der Waals surface area contributed by atoms with Gasteiger partial charge in [-0.05, 0) is 12.1 Å². The average molecular weight is 184 g/mol. The lowest BCUT2D eigenvalue weighted by atomic mass is 10.0. The lowest BCUT2D eigenvalue weighted by Crippen LogP contribution is -1.86. The first-order valence-corrected chi connectivity index (χ1v) is 4.56. The van der Waals surface area contributed by atoms with E-state index >= 15 is 0 Å². The predicted octanol–water partition coefficient (Wildman–Crippen LogP) is 1.97. The Morgan fingerprint density at radius 3 is 3.21 bits per heavy atom. The molecule has 0 saturated heterocycles. The molecule has 0 amide bonds. The predicted molar refractivity (Wildman–Crippen MR) is 52.2 cm³/mol. The van der Waals surface area contributed by atoms with Crippen LogP contribution in [0, 0.1) is 11.3 Å². The van der Waals surface area contributed by atoms with E-state index in [-0.39, 0.29) is 0 Å². The first-order chi connectivity index (χ1) is 6.90. The first-order valence-electron chi connectivity index (χ1n) is 4.56. The minimum Gasteiger partial charge on any atom is -0.493 e. The number of H-pyrrole nitrogens is 1. The molecule has 1 aromatic carbocycles. The fourth-order valence-electron chi connectivity index (χ4n) is 2.01. The maximum absolute atomic E-state index is 8.94. The normalized spacial score (nSPS) is 13.6. The fraction of sp³-hybridized carbons (Fsp3) is 0.182. The molecule has 3 heteroatoms. The number of hydrogen-bond acceptors (Lipinski definition) is 2. The lowest BCUT2D eigenvalue weighted by Gasteiger charge is -1.99.